The van der Waals surface area contributed by atoms with E-state index in [4.69, 9.17) is 0 Å². The highest BCUT2D eigenvalue weighted by Crippen LogP contribution is 2.22. The van der Waals surface area contributed by atoms with Gasteiger partial charge in [0.2, 0.25) is 5.91 Å². The topological polar surface area (TPSA) is 78.0 Å². The Kier molecular flexibility index (Phi) is 5.76. The highest BCUT2D eigenvalue weighted by molar-refractivity contribution is 7.09. The molecule has 1 fully saturated rings. The Hall–Kier alpha value is -3.26. The van der Waals surface area contributed by atoms with Crippen molar-refractivity contribution in [2.75, 3.05) is 26.2 Å². The minimum absolute atomic E-state index is 0.126. The molecule has 2 aliphatic rings. The number of urea groups is 1. The summed E-state index contributed by atoms with van der Waals surface area (Å²) in [4.78, 5) is 54.1. The monoisotopic (exact) mass is 423 g/mol. The number of amides is 5. The molecule has 2 aromatic rings. The first-order valence-electron chi connectivity index (χ1n) is 9.76. The number of nitrogens with zero attached hydrogens (tertiary/aromatic N) is 3. The Morgan fingerprint density at radius 2 is 1.73 bits per heavy atom. The Labute approximate surface area is 178 Å². The van der Waals surface area contributed by atoms with Crippen molar-refractivity contribution in [3.63, 3.8) is 0 Å². The summed E-state index contributed by atoms with van der Waals surface area (Å²) in [6.45, 7) is 0.635. The van der Waals surface area contributed by atoms with Gasteiger partial charge in [0.15, 0.2) is 0 Å². The van der Waals surface area contributed by atoms with E-state index in [0.717, 1.165) is 20.2 Å². The molecule has 7 nitrogen and oxygen atoms in total. The van der Waals surface area contributed by atoms with Gasteiger partial charge in [-0.05, 0) is 29.0 Å². The third kappa shape index (κ3) is 4.04. The number of carbonyl (C=O) groups excluding carboxylic acids is 4. The van der Waals surface area contributed by atoms with E-state index in [2.05, 4.69) is 0 Å². The van der Waals surface area contributed by atoms with E-state index in [9.17, 15) is 19.2 Å². The molecule has 30 heavy (non-hydrogen) atoms. The lowest BCUT2D eigenvalue weighted by Crippen LogP contribution is -2.44. The minimum Gasteiger partial charge on any atom is -0.337 e. The molecule has 0 N–H and O–H groups in total. The maximum absolute atomic E-state index is 12.7. The number of hydrogen-bond acceptors (Lipinski definition) is 5. The average Bonchev–Trinajstić information content (AvgIpc) is 3.37. The number of thiophene rings is 1. The van der Waals surface area contributed by atoms with Crippen molar-refractivity contribution in [2.24, 2.45) is 0 Å². The molecule has 8 heteroatoms. The Bertz CT molecular complexity index is 1000. The Morgan fingerprint density at radius 3 is 2.40 bits per heavy atom. The van der Waals surface area contributed by atoms with Crippen LogP contribution in [0.4, 0.5) is 4.79 Å². The van der Waals surface area contributed by atoms with Crippen LogP contribution in [0.2, 0.25) is 0 Å². The summed E-state index contributed by atoms with van der Waals surface area (Å²) in [5.41, 5.74) is 2.30. The van der Waals surface area contributed by atoms with E-state index in [1.165, 1.54) is 16.9 Å². The fourth-order valence-corrected chi connectivity index (χ4v) is 4.31. The maximum Gasteiger partial charge on any atom is 0.334 e. The molecule has 0 aliphatic carbocycles. The molecule has 0 atom stereocenters. The second kappa shape index (κ2) is 8.62. The lowest BCUT2D eigenvalue weighted by Gasteiger charge is -2.28. The predicted octanol–water partition coefficient (Wildman–Crippen LogP) is 2.40. The molecule has 3 heterocycles. The van der Waals surface area contributed by atoms with Crippen LogP contribution < -0.4 is 0 Å². The third-order valence-electron chi connectivity index (χ3n) is 5.30. The van der Waals surface area contributed by atoms with Gasteiger partial charge in [-0.15, -0.1) is 11.3 Å². The molecule has 5 amide bonds. The van der Waals surface area contributed by atoms with Crippen molar-refractivity contribution in [3.05, 3.63) is 64.4 Å². The van der Waals surface area contributed by atoms with Crippen LogP contribution in [0.15, 0.2) is 53.9 Å². The molecule has 1 saturated heterocycles. The zero-order chi connectivity index (χ0) is 21.1. The van der Waals surface area contributed by atoms with Gasteiger partial charge in [0.25, 0.3) is 0 Å². The van der Waals surface area contributed by atoms with Crippen molar-refractivity contribution in [1.29, 1.82) is 0 Å². The summed E-state index contributed by atoms with van der Waals surface area (Å²) >= 11 is 1.52. The standard InChI is InChI=1S/C22H21N3O4S/c26-19(23-11-8-17(9-12-23)16-5-2-1-3-6-16)15-25-21(28)20(27)24(22(25)29)13-10-18-7-4-14-30-18/h1-8,14H,9-13,15H2. The quantitative estimate of drug-likeness (QED) is 0.528. The van der Waals surface area contributed by atoms with E-state index in [0.29, 0.717) is 25.9 Å². The molecule has 1 aromatic heterocycles. The number of imide groups is 2. The fraction of sp³-hybridized carbons (Fsp3) is 0.273. The van der Waals surface area contributed by atoms with Gasteiger partial charge in [-0.2, -0.15) is 0 Å². The zero-order valence-electron chi connectivity index (χ0n) is 16.3. The van der Waals surface area contributed by atoms with Crippen LogP contribution in [0, 0.1) is 0 Å². The second-order valence-corrected chi connectivity index (χ2v) is 8.18. The van der Waals surface area contributed by atoms with Crippen molar-refractivity contribution >= 4 is 40.7 Å². The van der Waals surface area contributed by atoms with Crippen LogP contribution in [0.3, 0.4) is 0 Å². The van der Waals surface area contributed by atoms with E-state index >= 15 is 0 Å². The molecule has 0 spiro atoms. The maximum atomic E-state index is 12.7. The van der Waals surface area contributed by atoms with Crippen LogP contribution >= 0.6 is 11.3 Å². The first-order chi connectivity index (χ1) is 14.5. The number of hydrogen-bond donors (Lipinski definition) is 0. The highest BCUT2D eigenvalue weighted by atomic mass is 32.1. The summed E-state index contributed by atoms with van der Waals surface area (Å²) in [5.74, 6) is -2.14. The molecule has 0 unspecified atom stereocenters. The van der Waals surface area contributed by atoms with Crippen LogP contribution in [-0.2, 0) is 20.8 Å². The van der Waals surface area contributed by atoms with Crippen molar-refractivity contribution in [1.82, 2.24) is 14.7 Å². The Balaban J connectivity index is 1.36. The first kappa shape index (κ1) is 20.0. The van der Waals surface area contributed by atoms with Crippen LogP contribution in [0.1, 0.15) is 16.9 Å². The van der Waals surface area contributed by atoms with Crippen LogP contribution in [0.25, 0.3) is 5.57 Å². The number of carbonyl (C=O) groups is 4. The van der Waals surface area contributed by atoms with Gasteiger partial charge in [0, 0.05) is 30.9 Å². The van der Waals surface area contributed by atoms with E-state index < -0.39 is 24.4 Å². The first-order valence-corrected chi connectivity index (χ1v) is 10.6. The van der Waals surface area contributed by atoms with Gasteiger partial charge < -0.3 is 4.90 Å². The van der Waals surface area contributed by atoms with Gasteiger partial charge in [-0.3, -0.25) is 19.3 Å². The summed E-state index contributed by atoms with van der Waals surface area (Å²) in [6.07, 6.45) is 3.18. The average molecular weight is 423 g/mol. The normalized spacial score (nSPS) is 17.0. The summed E-state index contributed by atoms with van der Waals surface area (Å²) in [7, 11) is 0. The Morgan fingerprint density at radius 1 is 0.967 bits per heavy atom. The molecule has 154 valence electrons. The van der Waals surface area contributed by atoms with Crippen molar-refractivity contribution in [3.8, 4) is 0 Å². The summed E-state index contributed by atoms with van der Waals surface area (Å²) in [5, 5.41) is 1.91. The smallest absolute Gasteiger partial charge is 0.334 e. The van der Waals surface area contributed by atoms with Gasteiger partial charge in [-0.25, -0.2) is 9.69 Å². The largest absolute Gasteiger partial charge is 0.337 e. The molecular formula is C22H21N3O4S. The molecule has 1 aromatic carbocycles. The van der Waals surface area contributed by atoms with E-state index in [1.54, 1.807) is 4.90 Å². The van der Waals surface area contributed by atoms with Crippen molar-refractivity contribution in [2.45, 2.75) is 12.8 Å². The van der Waals surface area contributed by atoms with Gasteiger partial charge in [-0.1, -0.05) is 42.5 Å². The molecule has 0 saturated carbocycles. The lowest BCUT2D eigenvalue weighted by atomic mass is 9.99. The highest BCUT2D eigenvalue weighted by Gasteiger charge is 2.45. The predicted molar refractivity (Wildman–Crippen MR) is 112 cm³/mol. The molecule has 0 bridgehead atoms. The van der Waals surface area contributed by atoms with E-state index in [-0.39, 0.29) is 12.5 Å². The molecule has 4 rings (SSSR count). The number of rotatable bonds is 6. The fourth-order valence-electron chi connectivity index (χ4n) is 3.61. The van der Waals surface area contributed by atoms with Crippen molar-refractivity contribution < 1.29 is 19.2 Å². The third-order valence-corrected chi connectivity index (χ3v) is 6.23. The second-order valence-electron chi connectivity index (χ2n) is 7.15. The number of benzene rings is 1. The molecule has 2 aliphatic heterocycles. The molecular weight excluding hydrogens is 402 g/mol. The van der Waals surface area contributed by atoms with Crippen LogP contribution in [-0.4, -0.2) is 64.6 Å². The van der Waals surface area contributed by atoms with Crippen LogP contribution in [0.5, 0.6) is 0 Å². The van der Waals surface area contributed by atoms with Gasteiger partial charge in [0.05, 0.1) is 0 Å². The minimum atomic E-state index is -0.933. The van der Waals surface area contributed by atoms with E-state index in [1.807, 2.05) is 53.9 Å². The zero-order valence-corrected chi connectivity index (χ0v) is 17.1. The molecule has 0 radical (unpaired) electrons. The van der Waals surface area contributed by atoms with Gasteiger partial charge in [0.1, 0.15) is 6.54 Å². The summed E-state index contributed by atoms with van der Waals surface area (Å²) < 4.78 is 0. The summed E-state index contributed by atoms with van der Waals surface area (Å²) in [6, 6.07) is 13.0. The van der Waals surface area contributed by atoms with Gasteiger partial charge >= 0.3 is 17.8 Å². The lowest BCUT2D eigenvalue weighted by molar-refractivity contribution is -0.144. The SMILES string of the molecule is O=C(CN1C(=O)C(=O)N(CCc2cccs2)C1=O)N1CC=C(c2ccccc2)CC1.